The van der Waals surface area contributed by atoms with Crippen molar-refractivity contribution in [2.24, 2.45) is 5.92 Å². The van der Waals surface area contributed by atoms with Gasteiger partial charge < -0.3 is 10.2 Å². The molecule has 1 aliphatic carbocycles. The molecular formula is C23H33BrN2O2. The Balaban J connectivity index is 1.97. The summed E-state index contributed by atoms with van der Waals surface area (Å²) in [6.45, 7) is 7.98. The topological polar surface area (TPSA) is 49.4 Å². The van der Waals surface area contributed by atoms with Crippen molar-refractivity contribution in [2.75, 3.05) is 11.4 Å². The van der Waals surface area contributed by atoms with Gasteiger partial charge in [-0.05, 0) is 76.0 Å². The molecule has 1 heterocycles. The first kappa shape index (κ1) is 21.4. The van der Waals surface area contributed by atoms with Gasteiger partial charge in [-0.3, -0.25) is 9.59 Å². The summed E-state index contributed by atoms with van der Waals surface area (Å²) < 4.78 is 0. The maximum atomic E-state index is 13.2. The maximum Gasteiger partial charge on any atom is 0.241 e. The molecule has 1 aliphatic heterocycles. The Bertz CT molecular complexity index is 735. The van der Waals surface area contributed by atoms with E-state index in [2.05, 4.69) is 39.4 Å². The predicted molar refractivity (Wildman–Crippen MR) is 118 cm³/mol. The van der Waals surface area contributed by atoms with Crippen LogP contribution in [-0.2, 0) is 9.59 Å². The van der Waals surface area contributed by atoms with Crippen LogP contribution in [0.3, 0.4) is 0 Å². The molecule has 1 N–H and O–H groups in total. The smallest absolute Gasteiger partial charge is 0.241 e. The van der Waals surface area contributed by atoms with E-state index in [0.29, 0.717) is 11.8 Å². The third-order valence-electron chi connectivity index (χ3n) is 5.91. The summed E-state index contributed by atoms with van der Waals surface area (Å²) in [4.78, 5) is 27.3. The molecule has 0 unspecified atom stereocenters. The number of hydrogen-bond donors (Lipinski definition) is 1. The fourth-order valence-electron chi connectivity index (χ4n) is 4.69. The third-order valence-corrected chi connectivity index (χ3v) is 6.67. The van der Waals surface area contributed by atoms with E-state index in [4.69, 9.17) is 0 Å². The fraction of sp³-hybridized carbons (Fsp3) is 0.652. The molecule has 4 nitrogen and oxygen atoms in total. The van der Waals surface area contributed by atoms with Gasteiger partial charge in [0.05, 0.1) is 4.83 Å². The largest absolute Gasteiger partial charge is 0.350 e. The van der Waals surface area contributed by atoms with Crippen LogP contribution in [0.15, 0.2) is 18.2 Å². The second kappa shape index (κ2) is 8.56. The Morgan fingerprint density at radius 3 is 2.54 bits per heavy atom. The lowest BCUT2D eigenvalue weighted by Gasteiger charge is -2.31. The zero-order chi connectivity index (χ0) is 20.5. The van der Waals surface area contributed by atoms with Crippen LogP contribution < -0.4 is 10.2 Å². The summed E-state index contributed by atoms with van der Waals surface area (Å²) in [5, 5.41) is 2.99. The van der Waals surface area contributed by atoms with E-state index in [1.807, 2.05) is 27.7 Å². The second-order valence-electron chi connectivity index (χ2n) is 9.49. The van der Waals surface area contributed by atoms with Gasteiger partial charge in [0.2, 0.25) is 11.8 Å². The van der Waals surface area contributed by atoms with Gasteiger partial charge in [-0.25, -0.2) is 0 Å². The predicted octanol–water partition coefficient (Wildman–Crippen LogP) is 5.07. The molecule has 1 aromatic rings. The van der Waals surface area contributed by atoms with E-state index in [-0.39, 0.29) is 28.7 Å². The van der Waals surface area contributed by atoms with Crippen molar-refractivity contribution in [2.45, 2.75) is 82.5 Å². The number of carbonyl (C=O) groups is 2. The Kier molecular flexibility index (Phi) is 6.53. The fourth-order valence-corrected chi connectivity index (χ4v) is 5.34. The third kappa shape index (κ3) is 4.97. The van der Waals surface area contributed by atoms with Crippen LogP contribution in [0.1, 0.15) is 76.3 Å². The van der Waals surface area contributed by atoms with Gasteiger partial charge in [-0.15, -0.1) is 0 Å². The summed E-state index contributed by atoms with van der Waals surface area (Å²) in [6.07, 6.45) is 7.14. The van der Waals surface area contributed by atoms with Crippen molar-refractivity contribution in [1.82, 2.24) is 5.32 Å². The van der Waals surface area contributed by atoms with E-state index in [1.165, 1.54) is 37.7 Å². The molecule has 0 saturated heterocycles. The molecule has 154 valence electrons. The van der Waals surface area contributed by atoms with Crippen molar-refractivity contribution in [3.8, 4) is 0 Å². The highest BCUT2D eigenvalue weighted by Gasteiger charge is 2.38. The van der Waals surface area contributed by atoms with Gasteiger partial charge in [-0.2, -0.15) is 0 Å². The number of nitrogens with zero attached hydrogens (tertiary/aromatic N) is 1. The number of benzene rings is 1. The quantitative estimate of drug-likeness (QED) is 0.655. The number of carbonyl (C=O) groups excluding carboxylic acids is 2. The normalized spacial score (nSPS) is 23.9. The Hall–Kier alpha value is -1.36. The lowest BCUT2D eigenvalue weighted by Crippen LogP contribution is -2.48. The number of hydrogen-bond acceptors (Lipinski definition) is 2. The van der Waals surface area contributed by atoms with Gasteiger partial charge in [-0.1, -0.05) is 47.3 Å². The number of aryl methyl sites for hydroxylation is 1. The van der Waals surface area contributed by atoms with E-state index in [1.54, 1.807) is 4.90 Å². The van der Waals surface area contributed by atoms with Gasteiger partial charge in [0.15, 0.2) is 0 Å². The van der Waals surface area contributed by atoms with Gasteiger partial charge in [0.1, 0.15) is 6.54 Å². The summed E-state index contributed by atoms with van der Waals surface area (Å²) in [6, 6.07) is 6.41. The number of anilines is 1. The highest BCUT2D eigenvalue weighted by molar-refractivity contribution is 9.10. The second-order valence-corrected chi connectivity index (χ2v) is 10.6. The molecule has 1 aromatic carbocycles. The Labute approximate surface area is 177 Å². The van der Waals surface area contributed by atoms with Gasteiger partial charge in [0.25, 0.3) is 0 Å². The highest BCUT2D eigenvalue weighted by atomic mass is 79.9. The molecule has 28 heavy (non-hydrogen) atoms. The minimum atomic E-state index is -0.320. The van der Waals surface area contributed by atoms with Crippen molar-refractivity contribution < 1.29 is 9.59 Å². The summed E-state index contributed by atoms with van der Waals surface area (Å²) in [5.74, 6) is 0.852. The van der Waals surface area contributed by atoms with Gasteiger partial charge >= 0.3 is 0 Å². The summed E-state index contributed by atoms with van der Waals surface area (Å²) >= 11 is 3.66. The van der Waals surface area contributed by atoms with E-state index in [0.717, 1.165) is 17.7 Å². The van der Waals surface area contributed by atoms with E-state index in [9.17, 15) is 9.59 Å². The average molecular weight is 449 g/mol. The Morgan fingerprint density at radius 2 is 1.89 bits per heavy atom. The molecule has 1 saturated carbocycles. The maximum absolute atomic E-state index is 13.2. The SMILES string of the molecule is Cc1ccc2c(c1)N(CC(=O)NC(C)(C)C)C(=O)[C@@H](Br)C[C@@H]2C1CCCCC1. The van der Waals surface area contributed by atoms with Crippen LogP contribution >= 0.6 is 15.9 Å². The molecule has 2 amide bonds. The lowest BCUT2D eigenvalue weighted by molar-refractivity contribution is -0.124. The number of alkyl halides is 1. The first-order chi connectivity index (χ1) is 13.2. The lowest BCUT2D eigenvalue weighted by atomic mass is 9.74. The molecule has 2 aliphatic rings. The molecule has 1 fully saturated rings. The standard InChI is InChI=1S/C23H33BrN2O2/c1-15-10-11-17-18(16-8-6-5-7-9-16)13-19(24)22(28)26(20(17)12-15)14-21(27)25-23(2,3)4/h10-12,16,18-19H,5-9,13-14H2,1-4H3,(H,25,27)/t18-,19+/m1/s1. The molecule has 3 rings (SSSR count). The molecule has 0 radical (unpaired) electrons. The molecule has 0 spiro atoms. The van der Waals surface area contributed by atoms with Crippen LogP contribution in [0.2, 0.25) is 0 Å². The molecular weight excluding hydrogens is 416 g/mol. The van der Waals surface area contributed by atoms with Crippen LogP contribution in [0, 0.1) is 12.8 Å². The van der Waals surface area contributed by atoms with Crippen LogP contribution in [0.25, 0.3) is 0 Å². The first-order valence-electron chi connectivity index (χ1n) is 10.5. The molecule has 0 bridgehead atoms. The zero-order valence-electron chi connectivity index (χ0n) is 17.6. The highest BCUT2D eigenvalue weighted by Crippen LogP contribution is 2.45. The number of nitrogens with one attached hydrogen (secondary N) is 1. The minimum absolute atomic E-state index is 0.00535. The van der Waals surface area contributed by atoms with Crippen molar-refractivity contribution in [1.29, 1.82) is 0 Å². The molecule has 2 atom stereocenters. The number of rotatable bonds is 3. The molecule has 0 aromatic heterocycles. The number of halogens is 1. The van der Waals surface area contributed by atoms with Crippen molar-refractivity contribution in [3.05, 3.63) is 29.3 Å². The van der Waals surface area contributed by atoms with E-state index < -0.39 is 0 Å². The Morgan fingerprint density at radius 1 is 1.21 bits per heavy atom. The minimum Gasteiger partial charge on any atom is -0.350 e. The number of amides is 2. The van der Waals surface area contributed by atoms with Crippen LogP contribution in [0.4, 0.5) is 5.69 Å². The van der Waals surface area contributed by atoms with Gasteiger partial charge in [0, 0.05) is 11.2 Å². The van der Waals surface area contributed by atoms with Crippen LogP contribution in [-0.4, -0.2) is 28.7 Å². The number of fused-ring (bicyclic) bond motifs is 1. The van der Waals surface area contributed by atoms with Crippen LogP contribution in [0.5, 0.6) is 0 Å². The van der Waals surface area contributed by atoms with E-state index >= 15 is 0 Å². The van der Waals surface area contributed by atoms with Crippen molar-refractivity contribution in [3.63, 3.8) is 0 Å². The zero-order valence-corrected chi connectivity index (χ0v) is 19.1. The summed E-state index contributed by atoms with van der Waals surface area (Å²) in [5.41, 5.74) is 2.95. The average Bonchev–Trinajstić information content (AvgIpc) is 2.71. The monoisotopic (exact) mass is 448 g/mol. The molecule has 5 heteroatoms. The summed E-state index contributed by atoms with van der Waals surface area (Å²) in [7, 11) is 0. The first-order valence-corrected chi connectivity index (χ1v) is 11.4. The van der Waals surface area contributed by atoms with Crippen molar-refractivity contribution >= 4 is 33.4 Å².